The van der Waals surface area contributed by atoms with Gasteiger partial charge in [0.2, 0.25) is 0 Å². The van der Waals surface area contributed by atoms with Crippen LogP contribution in [0.2, 0.25) is 0 Å². The maximum absolute atomic E-state index is 5.53. The lowest BCUT2D eigenvalue weighted by atomic mass is 10.1. The van der Waals surface area contributed by atoms with Crippen molar-refractivity contribution in [3.8, 4) is 0 Å². The van der Waals surface area contributed by atoms with Crippen molar-refractivity contribution in [2.75, 3.05) is 6.54 Å². The second-order valence-corrected chi connectivity index (χ2v) is 4.87. The van der Waals surface area contributed by atoms with E-state index in [4.69, 9.17) is 4.74 Å². The Labute approximate surface area is 100 Å². The first kappa shape index (κ1) is 13.6. The molecule has 0 aromatic rings. The zero-order chi connectivity index (χ0) is 11.6. The molecule has 16 heavy (non-hydrogen) atoms. The minimum atomic E-state index is 0.392. The lowest BCUT2D eigenvalue weighted by Crippen LogP contribution is -2.35. The fourth-order valence-corrected chi connectivity index (χ4v) is 2.05. The summed E-state index contributed by atoms with van der Waals surface area (Å²) in [6.45, 7) is 5.54. The van der Waals surface area contributed by atoms with Crippen LogP contribution in [-0.4, -0.2) is 18.7 Å². The number of unbranched alkanes of at least 4 members (excludes halogenated alkanes) is 3. The van der Waals surface area contributed by atoms with Crippen molar-refractivity contribution in [3.05, 3.63) is 12.3 Å². The van der Waals surface area contributed by atoms with Gasteiger partial charge in [0.25, 0.3) is 0 Å². The molecule has 0 fully saturated rings. The Morgan fingerprint density at radius 3 is 2.94 bits per heavy atom. The number of rotatable bonds is 8. The number of allylic oxidation sites excluding steroid dienone is 1. The molecule has 0 spiro atoms. The number of ether oxygens (including phenoxy) is 1. The normalized spacial score (nSPS) is 21.8. The Balaban J connectivity index is 1.96. The molecule has 1 aliphatic rings. The molecule has 2 heteroatoms. The third-order valence-corrected chi connectivity index (χ3v) is 3.21. The second kappa shape index (κ2) is 8.63. The smallest absolute Gasteiger partial charge is 0.110 e. The third-order valence-electron chi connectivity index (χ3n) is 3.21. The highest BCUT2D eigenvalue weighted by Gasteiger charge is 2.11. The molecule has 0 radical (unpaired) electrons. The van der Waals surface area contributed by atoms with Crippen LogP contribution < -0.4 is 5.32 Å². The van der Waals surface area contributed by atoms with Gasteiger partial charge in [-0.3, -0.25) is 0 Å². The van der Waals surface area contributed by atoms with E-state index in [1.54, 1.807) is 0 Å². The van der Waals surface area contributed by atoms with Crippen LogP contribution in [0.25, 0.3) is 0 Å². The minimum absolute atomic E-state index is 0.392. The van der Waals surface area contributed by atoms with E-state index in [9.17, 15) is 0 Å². The van der Waals surface area contributed by atoms with Crippen molar-refractivity contribution < 1.29 is 4.74 Å². The van der Waals surface area contributed by atoms with Crippen LogP contribution in [-0.2, 0) is 4.74 Å². The molecule has 0 saturated carbocycles. The molecule has 0 amide bonds. The molecule has 0 saturated heterocycles. The maximum Gasteiger partial charge on any atom is 0.110 e. The summed E-state index contributed by atoms with van der Waals surface area (Å²) in [5, 5.41) is 3.57. The quantitative estimate of drug-likeness (QED) is 0.637. The Morgan fingerprint density at radius 1 is 1.38 bits per heavy atom. The van der Waals surface area contributed by atoms with Crippen LogP contribution in [0.1, 0.15) is 58.8 Å². The van der Waals surface area contributed by atoms with E-state index in [1.165, 1.54) is 32.1 Å². The minimum Gasteiger partial charge on any atom is -0.497 e. The van der Waals surface area contributed by atoms with Crippen LogP contribution in [0.5, 0.6) is 0 Å². The number of hydrogen-bond donors (Lipinski definition) is 1. The lowest BCUT2D eigenvalue weighted by molar-refractivity contribution is 0.119. The Kier molecular flexibility index (Phi) is 7.32. The highest BCUT2D eigenvalue weighted by atomic mass is 16.5. The van der Waals surface area contributed by atoms with Gasteiger partial charge in [-0.25, -0.2) is 0 Å². The average Bonchev–Trinajstić information content (AvgIpc) is 2.33. The fraction of sp³-hybridized carbons (Fsp3) is 0.857. The van der Waals surface area contributed by atoms with E-state index >= 15 is 0 Å². The first-order valence-electron chi connectivity index (χ1n) is 6.86. The van der Waals surface area contributed by atoms with E-state index in [0.29, 0.717) is 12.1 Å². The molecule has 1 aliphatic heterocycles. The molecule has 1 heterocycles. The van der Waals surface area contributed by atoms with Gasteiger partial charge < -0.3 is 10.1 Å². The molecular formula is C14H27NO. The monoisotopic (exact) mass is 225 g/mol. The van der Waals surface area contributed by atoms with Crippen LogP contribution in [0.4, 0.5) is 0 Å². The lowest BCUT2D eigenvalue weighted by Gasteiger charge is -2.22. The highest BCUT2D eigenvalue weighted by molar-refractivity contribution is 4.83. The van der Waals surface area contributed by atoms with Crippen molar-refractivity contribution in [1.82, 2.24) is 5.32 Å². The average molecular weight is 225 g/mol. The first-order valence-corrected chi connectivity index (χ1v) is 6.86. The van der Waals surface area contributed by atoms with Crippen LogP contribution in [0.15, 0.2) is 12.3 Å². The highest BCUT2D eigenvalue weighted by Crippen LogP contribution is 2.10. The topological polar surface area (TPSA) is 21.3 Å². The van der Waals surface area contributed by atoms with Crippen LogP contribution in [0.3, 0.4) is 0 Å². The summed E-state index contributed by atoms with van der Waals surface area (Å²) in [6.07, 6.45) is 13.4. The molecule has 2 unspecified atom stereocenters. The molecule has 0 aromatic carbocycles. The third kappa shape index (κ3) is 6.16. The van der Waals surface area contributed by atoms with E-state index in [0.717, 1.165) is 19.4 Å². The second-order valence-electron chi connectivity index (χ2n) is 4.87. The first-order chi connectivity index (χ1) is 7.83. The van der Waals surface area contributed by atoms with Gasteiger partial charge in [-0.1, -0.05) is 32.6 Å². The molecular weight excluding hydrogens is 198 g/mol. The van der Waals surface area contributed by atoms with Gasteiger partial charge in [-0.05, 0) is 32.3 Å². The summed E-state index contributed by atoms with van der Waals surface area (Å²) in [5.74, 6) is 0. The number of nitrogens with one attached hydrogen (secondary N) is 1. The Morgan fingerprint density at radius 2 is 2.25 bits per heavy atom. The van der Waals surface area contributed by atoms with Crippen molar-refractivity contribution >= 4 is 0 Å². The van der Waals surface area contributed by atoms with Crippen LogP contribution >= 0.6 is 0 Å². The van der Waals surface area contributed by atoms with E-state index in [1.807, 2.05) is 6.26 Å². The Hall–Kier alpha value is -0.500. The molecule has 2 nitrogen and oxygen atoms in total. The van der Waals surface area contributed by atoms with Crippen molar-refractivity contribution in [2.24, 2.45) is 0 Å². The zero-order valence-corrected chi connectivity index (χ0v) is 10.9. The van der Waals surface area contributed by atoms with Gasteiger partial charge in [-0.15, -0.1) is 0 Å². The predicted octanol–water partition coefficient (Wildman–Crippen LogP) is 3.63. The van der Waals surface area contributed by atoms with E-state index in [2.05, 4.69) is 25.2 Å². The van der Waals surface area contributed by atoms with Crippen molar-refractivity contribution in [3.63, 3.8) is 0 Å². The summed E-state index contributed by atoms with van der Waals surface area (Å²) in [5.41, 5.74) is 0. The molecule has 0 aliphatic carbocycles. The summed E-state index contributed by atoms with van der Waals surface area (Å²) < 4.78 is 5.53. The van der Waals surface area contributed by atoms with Crippen LogP contribution in [0, 0.1) is 0 Å². The predicted molar refractivity (Wildman–Crippen MR) is 69.5 cm³/mol. The largest absolute Gasteiger partial charge is 0.497 e. The van der Waals surface area contributed by atoms with Crippen molar-refractivity contribution in [1.29, 1.82) is 0 Å². The molecule has 0 bridgehead atoms. The SMILES string of the molecule is CCCCCCC(C)NCC1CCC=CO1. The van der Waals surface area contributed by atoms with Gasteiger partial charge in [0.05, 0.1) is 6.26 Å². The fourth-order valence-electron chi connectivity index (χ4n) is 2.05. The molecule has 1 rings (SSSR count). The number of hydrogen-bond acceptors (Lipinski definition) is 2. The van der Waals surface area contributed by atoms with Crippen molar-refractivity contribution in [2.45, 2.75) is 70.9 Å². The van der Waals surface area contributed by atoms with Gasteiger partial charge in [0.1, 0.15) is 6.10 Å². The van der Waals surface area contributed by atoms with Gasteiger partial charge >= 0.3 is 0 Å². The van der Waals surface area contributed by atoms with Gasteiger partial charge in [0.15, 0.2) is 0 Å². The summed E-state index contributed by atoms with van der Waals surface area (Å²) >= 11 is 0. The summed E-state index contributed by atoms with van der Waals surface area (Å²) in [7, 11) is 0. The summed E-state index contributed by atoms with van der Waals surface area (Å²) in [6, 6.07) is 0.631. The van der Waals surface area contributed by atoms with Gasteiger partial charge in [-0.2, -0.15) is 0 Å². The van der Waals surface area contributed by atoms with E-state index in [-0.39, 0.29) is 0 Å². The molecule has 1 N–H and O–H groups in total. The maximum atomic E-state index is 5.53. The molecule has 0 aromatic heterocycles. The summed E-state index contributed by atoms with van der Waals surface area (Å²) in [4.78, 5) is 0. The molecule has 2 atom stereocenters. The zero-order valence-electron chi connectivity index (χ0n) is 10.9. The molecule has 94 valence electrons. The standard InChI is InChI=1S/C14H27NO/c1-3-4-5-6-9-13(2)15-12-14-10-7-8-11-16-14/h8,11,13-15H,3-7,9-10,12H2,1-2H3. The van der Waals surface area contributed by atoms with E-state index < -0.39 is 0 Å². The van der Waals surface area contributed by atoms with Gasteiger partial charge in [0, 0.05) is 12.6 Å². The Bertz CT molecular complexity index is 191.